The number of Topliss-reactive ketones (excluding diaryl/α,β-unsaturated/α-hetero) is 1. The molecule has 0 bridgehead atoms. The van der Waals surface area contributed by atoms with Crippen LogP contribution in [0.15, 0.2) is 48.5 Å². The van der Waals surface area contributed by atoms with Crippen molar-refractivity contribution in [3.05, 3.63) is 54.1 Å². The number of ketones is 1. The molecule has 5 rings (SSSR count). The first-order valence-electron chi connectivity index (χ1n) is 17.2. The first-order valence-corrected chi connectivity index (χ1v) is 17.2. The first-order chi connectivity index (χ1) is 23.1. The van der Waals surface area contributed by atoms with Gasteiger partial charge < -0.3 is 24.7 Å². The van der Waals surface area contributed by atoms with Gasteiger partial charge in [-0.1, -0.05) is 24.3 Å². The van der Waals surface area contributed by atoms with Gasteiger partial charge in [-0.25, -0.2) is 4.79 Å². The zero-order valence-corrected chi connectivity index (χ0v) is 29.7. The van der Waals surface area contributed by atoms with Crippen molar-refractivity contribution in [3.8, 4) is 11.4 Å². The molecule has 1 atom stereocenters. The number of rotatable bonds is 11. The van der Waals surface area contributed by atoms with E-state index < -0.39 is 35.9 Å². The molecule has 3 N–H and O–H groups in total. The molecule has 0 unspecified atom stereocenters. The molecule has 2 heterocycles. The Bertz CT molecular complexity index is 1580. The number of carbonyl (C=O) groups excluding carboxylic acids is 3. The number of aromatic nitrogens is 4. The summed E-state index contributed by atoms with van der Waals surface area (Å²) in [6.45, 7) is 14.1. The zero-order chi connectivity index (χ0) is 35.4. The second-order valence-electron chi connectivity index (χ2n) is 15.3. The number of alkyl carbamates (subject to hydrolysis) is 1. The highest BCUT2D eigenvalue weighted by Gasteiger charge is 2.51. The summed E-state index contributed by atoms with van der Waals surface area (Å²) in [5, 5.41) is 19.9. The highest BCUT2D eigenvalue weighted by Crippen LogP contribution is 2.37. The number of carbonyl (C=O) groups is 3. The van der Waals surface area contributed by atoms with Crippen LogP contribution in [0.3, 0.4) is 0 Å². The van der Waals surface area contributed by atoms with E-state index in [9.17, 15) is 14.4 Å². The van der Waals surface area contributed by atoms with Gasteiger partial charge in [-0.3, -0.25) is 9.59 Å². The van der Waals surface area contributed by atoms with Crippen LogP contribution < -0.4 is 16.1 Å². The zero-order valence-electron chi connectivity index (χ0n) is 29.7. The second kappa shape index (κ2) is 14.8. The van der Waals surface area contributed by atoms with Gasteiger partial charge in [0.2, 0.25) is 11.7 Å². The summed E-state index contributed by atoms with van der Waals surface area (Å²) in [6.07, 6.45) is 3.18. The maximum Gasteiger partial charge on any atom is 0.494 e. The molecule has 1 aliphatic carbocycles. The molecule has 262 valence electrons. The fourth-order valence-corrected chi connectivity index (χ4v) is 6.26. The molecule has 1 saturated carbocycles. The predicted molar refractivity (Wildman–Crippen MR) is 187 cm³/mol. The predicted octanol–water partition coefficient (Wildman–Crippen LogP) is 5.25. The van der Waals surface area contributed by atoms with Crippen LogP contribution in [0.25, 0.3) is 11.4 Å². The lowest BCUT2D eigenvalue weighted by Gasteiger charge is -2.32. The average molecular weight is 673 g/mol. The van der Waals surface area contributed by atoms with E-state index in [0.29, 0.717) is 24.5 Å². The molecule has 12 nitrogen and oxygen atoms in total. The van der Waals surface area contributed by atoms with Gasteiger partial charge >= 0.3 is 13.2 Å². The van der Waals surface area contributed by atoms with Crippen LogP contribution in [0.1, 0.15) is 86.1 Å². The van der Waals surface area contributed by atoms with E-state index in [4.69, 9.17) is 14.0 Å². The molecule has 0 radical (unpaired) electrons. The summed E-state index contributed by atoms with van der Waals surface area (Å²) in [4.78, 5) is 39.7. The molecule has 1 aliphatic heterocycles. The molecule has 3 aromatic rings. The third kappa shape index (κ3) is 9.54. The summed E-state index contributed by atoms with van der Waals surface area (Å²) < 4.78 is 17.9. The Morgan fingerprint density at radius 2 is 1.67 bits per heavy atom. The van der Waals surface area contributed by atoms with E-state index in [1.165, 1.54) is 0 Å². The van der Waals surface area contributed by atoms with E-state index in [-0.39, 0.29) is 29.9 Å². The summed E-state index contributed by atoms with van der Waals surface area (Å²) in [5.41, 5.74) is 1.65. The minimum absolute atomic E-state index is 0.0910. The Kier molecular flexibility index (Phi) is 10.9. The van der Waals surface area contributed by atoms with Gasteiger partial charge in [0.15, 0.2) is 0 Å². The number of amides is 2. The fraction of sp³-hybridized carbons (Fsp3) is 0.556. The molecule has 0 spiro atoms. The van der Waals surface area contributed by atoms with Crippen molar-refractivity contribution in [2.45, 2.75) is 104 Å². The molecular formula is C36H49BN6O6. The van der Waals surface area contributed by atoms with Gasteiger partial charge in [-0.2, -0.15) is 5.21 Å². The third-order valence-corrected chi connectivity index (χ3v) is 9.77. The van der Waals surface area contributed by atoms with E-state index in [2.05, 4.69) is 31.3 Å². The Hall–Kier alpha value is -4.10. The van der Waals surface area contributed by atoms with Crippen LogP contribution in [0, 0.1) is 17.8 Å². The number of ether oxygens (including phenoxy) is 1. The van der Waals surface area contributed by atoms with Gasteiger partial charge in [-0.05, 0) is 127 Å². The van der Waals surface area contributed by atoms with Crippen molar-refractivity contribution in [1.82, 2.24) is 25.9 Å². The van der Waals surface area contributed by atoms with Crippen LogP contribution in [-0.4, -0.2) is 68.9 Å². The number of nitrogens with one attached hydrogen (secondary N) is 3. The van der Waals surface area contributed by atoms with Crippen LogP contribution >= 0.6 is 0 Å². The Morgan fingerprint density at radius 1 is 1.00 bits per heavy atom. The molecule has 1 saturated heterocycles. The lowest BCUT2D eigenvalue weighted by molar-refractivity contribution is -0.129. The van der Waals surface area contributed by atoms with Gasteiger partial charge in [-0.15, -0.1) is 10.2 Å². The van der Waals surface area contributed by atoms with Crippen molar-refractivity contribution in [2.75, 3.05) is 11.9 Å². The number of H-pyrrole nitrogens is 1. The summed E-state index contributed by atoms with van der Waals surface area (Å²) in [5.74, 6) is -0.115. The smallest absolute Gasteiger partial charge is 0.444 e. The number of hydrogen-bond donors (Lipinski definition) is 3. The van der Waals surface area contributed by atoms with E-state index in [0.717, 1.165) is 42.3 Å². The third-order valence-electron chi connectivity index (χ3n) is 9.77. The molecule has 2 fully saturated rings. The summed E-state index contributed by atoms with van der Waals surface area (Å²) in [6, 6.07) is 15.1. The molecular weight excluding hydrogens is 623 g/mol. The highest BCUT2D eigenvalue weighted by atomic mass is 16.7. The van der Waals surface area contributed by atoms with E-state index in [1.807, 2.05) is 84.9 Å². The number of anilines is 1. The van der Waals surface area contributed by atoms with Crippen LogP contribution in [-0.2, 0) is 30.1 Å². The van der Waals surface area contributed by atoms with Gasteiger partial charge in [0.1, 0.15) is 11.4 Å². The SMILES string of the molecule is CC(C)(C)OC(=O)NCC1CCC(C(=O)C[C@@H](Cc2cccc(B3OC(C)(C)C(C)(C)O3)c2)C(=O)Nc2ccc(-c3nn[nH]n3)cc2)CC1. The van der Waals surface area contributed by atoms with E-state index in [1.54, 1.807) is 12.1 Å². The lowest BCUT2D eigenvalue weighted by atomic mass is 9.76. The molecule has 2 aromatic carbocycles. The van der Waals surface area contributed by atoms with Crippen molar-refractivity contribution in [3.63, 3.8) is 0 Å². The molecule has 2 aliphatic rings. The van der Waals surface area contributed by atoms with E-state index >= 15 is 0 Å². The topological polar surface area (TPSA) is 157 Å². The Morgan fingerprint density at radius 3 is 2.29 bits per heavy atom. The van der Waals surface area contributed by atoms with Crippen molar-refractivity contribution in [1.29, 1.82) is 0 Å². The largest absolute Gasteiger partial charge is 0.494 e. The van der Waals surface area contributed by atoms with Gasteiger partial charge in [0.05, 0.1) is 11.2 Å². The monoisotopic (exact) mass is 672 g/mol. The summed E-state index contributed by atoms with van der Waals surface area (Å²) >= 11 is 0. The number of aromatic amines is 1. The molecule has 13 heteroatoms. The molecule has 1 aromatic heterocycles. The Labute approximate surface area is 289 Å². The molecule has 49 heavy (non-hydrogen) atoms. The van der Waals surface area contributed by atoms with Crippen molar-refractivity contribution >= 4 is 36.1 Å². The highest BCUT2D eigenvalue weighted by molar-refractivity contribution is 6.62. The second-order valence-corrected chi connectivity index (χ2v) is 15.3. The van der Waals surface area contributed by atoms with Crippen molar-refractivity contribution in [2.24, 2.45) is 17.8 Å². The number of nitrogens with zero attached hydrogens (tertiary/aromatic N) is 3. The quantitative estimate of drug-likeness (QED) is 0.231. The maximum absolute atomic E-state index is 13.9. The van der Waals surface area contributed by atoms with Crippen LogP contribution in [0.4, 0.5) is 10.5 Å². The number of hydrogen-bond acceptors (Lipinski definition) is 9. The average Bonchev–Trinajstić information content (AvgIpc) is 3.65. The number of tetrazole rings is 1. The van der Waals surface area contributed by atoms with Crippen LogP contribution in [0.2, 0.25) is 0 Å². The lowest BCUT2D eigenvalue weighted by Crippen LogP contribution is -2.41. The van der Waals surface area contributed by atoms with Crippen LogP contribution in [0.5, 0.6) is 0 Å². The number of benzene rings is 2. The minimum atomic E-state index is -0.593. The minimum Gasteiger partial charge on any atom is -0.444 e. The maximum atomic E-state index is 13.9. The standard InChI is InChI=1S/C36H49BN6O6/c1-34(2,3)47-33(46)38-22-23-11-13-25(14-12-23)30(44)21-27(32(45)39-29-17-15-26(16-18-29)31-40-42-43-41-31)19-24-9-8-10-28(20-24)37-48-35(4,5)36(6,7)49-37/h8-10,15-18,20,23,25,27H,11-14,19,21-22H2,1-7H3,(H,38,46)(H,39,45)(H,40,41,42,43)/t23?,25?,27-/m1/s1. The first kappa shape index (κ1) is 36.2. The summed E-state index contributed by atoms with van der Waals surface area (Å²) in [7, 11) is -0.531. The van der Waals surface area contributed by atoms with Gasteiger partial charge in [0.25, 0.3) is 0 Å². The molecule has 2 amide bonds. The normalized spacial score (nSPS) is 20.8. The fourth-order valence-electron chi connectivity index (χ4n) is 6.26. The Balaban J connectivity index is 1.25. The van der Waals surface area contributed by atoms with Gasteiger partial charge in [0, 0.05) is 36.1 Å². The van der Waals surface area contributed by atoms with Crippen molar-refractivity contribution < 1.29 is 28.4 Å².